The summed E-state index contributed by atoms with van der Waals surface area (Å²) in [6.07, 6.45) is 3.63. The van der Waals surface area contributed by atoms with Crippen LogP contribution in [-0.4, -0.2) is 32.3 Å². The predicted molar refractivity (Wildman–Crippen MR) is 59.2 cm³/mol. The van der Waals surface area contributed by atoms with E-state index in [1.165, 1.54) is 11.3 Å². The highest BCUT2D eigenvalue weighted by molar-refractivity contribution is 7.09. The minimum absolute atomic E-state index is 0.0486. The van der Waals surface area contributed by atoms with Gasteiger partial charge in [0.05, 0.1) is 18.3 Å². The number of nitrogens with zero attached hydrogens (tertiary/aromatic N) is 4. The molecule has 0 aliphatic rings. The van der Waals surface area contributed by atoms with Crippen molar-refractivity contribution in [2.45, 2.75) is 13.0 Å². The van der Waals surface area contributed by atoms with Crippen LogP contribution in [0.2, 0.25) is 0 Å². The average Bonchev–Trinajstić information content (AvgIpc) is 2.89. The summed E-state index contributed by atoms with van der Waals surface area (Å²) in [6, 6.07) is 0. The quantitative estimate of drug-likeness (QED) is 0.746. The van der Waals surface area contributed by atoms with E-state index in [2.05, 4.69) is 15.3 Å². The third-order valence-electron chi connectivity index (χ3n) is 2.00. The Labute approximate surface area is 96.1 Å². The molecule has 0 spiro atoms. The van der Waals surface area contributed by atoms with Gasteiger partial charge in [-0.25, -0.2) is 0 Å². The third-order valence-corrected chi connectivity index (χ3v) is 2.78. The van der Waals surface area contributed by atoms with E-state index in [0.717, 1.165) is 4.88 Å². The molecule has 6 nitrogen and oxygen atoms in total. The smallest absolute Gasteiger partial charge is 0.189 e. The van der Waals surface area contributed by atoms with Gasteiger partial charge in [-0.15, -0.1) is 16.4 Å². The lowest BCUT2D eigenvalue weighted by Crippen LogP contribution is -2.10. The van der Waals surface area contributed by atoms with E-state index in [9.17, 15) is 4.79 Å². The van der Waals surface area contributed by atoms with E-state index >= 15 is 0 Å². The molecule has 7 heteroatoms. The van der Waals surface area contributed by atoms with Crippen molar-refractivity contribution in [1.82, 2.24) is 20.0 Å². The first-order valence-electron chi connectivity index (χ1n) is 4.80. The van der Waals surface area contributed by atoms with E-state index < -0.39 is 0 Å². The van der Waals surface area contributed by atoms with Crippen molar-refractivity contribution < 1.29 is 4.79 Å². The van der Waals surface area contributed by atoms with Crippen molar-refractivity contribution >= 4 is 17.1 Å². The predicted octanol–water partition coefficient (Wildman–Crippen LogP) is 0.119. The van der Waals surface area contributed by atoms with Crippen molar-refractivity contribution in [2.24, 2.45) is 5.73 Å². The number of hydrogen-bond acceptors (Lipinski definition) is 6. The highest BCUT2D eigenvalue weighted by Gasteiger charge is 2.12. The second-order valence-corrected chi connectivity index (χ2v) is 4.19. The number of carbonyl (C=O) groups is 1. The summed E-state index contributed by atoms with van der Waals surface area (Å²) in [5.41, 5.74) is 7.45. The minimum atomic E-state index is -0.0486. The van der Waals surface area contributed by atoms with Crippen LogP contribution in [0.15, 0.2) is 17.9 Å². The molecule has 0 amide bonds. The fourth-order valence-electron chi connectivity index (χ4n) is 1.25. The van der Waals surface area contributed by atoms with Crippen LogP contribution < -0.4 is 5.73 Å². The van der Waals surface area contributed by atoms with Gasteiger partial charge in [-0.3, -0.25) is 14.5 Å². The van der Waals surface area contributed by atoms with Crippen LogP contribution >= 0.6 is 11.3 Å². The number of carbonyl (C=O) groups excluding carboxylic acids is 1. The second kappa shape index (κ2) is 4.95. The first-order valence-corrected chi connectivity index (χ1v) is 5.68. The average molecular weight is 237 g/mol. The summed E-state index contributed by atoms with van der Waals surface area (Å²) in [4.78, 5) is 16.6. The maximum Gasteiger partial charge on any atom is 0.189 e. The number of aromatic nitrogens is 4. The number of rotatable bonds is 5. The molecule has 0 saturated carbocycles. The molecule has 0 aromatic carbocycles. The van der Waals surface area contributed by atoms with Crippen molar-refractivity contribution in [3.05, 3.63) is 28.5 Å². The van der Waals surface area contributed by atoms with Gasteiger partial charge < -0.3 is 5.73 Å². The highest BCUT2D eigenvalue weighted by atomic mass is 32.1. The molecule has 0 atom stereocenters. The van der Waals surface area contributed by atoms with Crippen LogP contribution in [0.4, 0.5) is 0 Å². The van der Waals surface area contributed by atoms with E-state index in [4.69, 9.17) is 5.73 Å². The Bertz CT molecular complexity index is 464. The second-order valence-electron chi connectivity index (χ2n) is 3.22. The van der Waals surface area contributed by atoms with Crippen molar-refractivity contribution in [3.63, 3.8) is 0 Å². The molecule has 84 valence electrons. The first kappa shape index (κ1) is 10.9. The Morgan fingerprint density at radius 2 is 2.44 bits per heavy atom. The molecule has 0 saturated heterocycles. The molecule has 2 N–H and O–H groups in total. The van der Waals surface area contributed by atoms with E-state index in [1.54, 1.807) is 22.6 Å². The molecular formula is C9H11N5OS. The van der Waals surface area contributed by atoms with Gasteiger partial charge >= 0.3 is 0 Å². The normalized spacial score (nSPS) is 10.6. The summed E-state index contributed by atoms with van der Waals surface area (Å²) in [5, 5.41) is 7.62. The molecule has 0 aliphatic heterocycles. The molecule has 16 heavy (non-hydrogen) atoms. The largest absolute Gasteiger partial charge is 0.329 e. The molecule has 2 aromatic rings. The number of Topliss-reactive ketones (excluding diaryl/α,β-unsaturated/α-hetero) is 1. The number of thiazole rings is 1. The van der Waals surface area contributed by atoms with Crippen LogP contribution in [0.1, 0.15) is 15.4 Å². The molecule has 0 unspecified atom stereocenters. The summed E-state index contributed by atoms with van der Waals surface area (Å²) in [5.74, 6) is -0.0486. The molecular weight excluding hydrogens is 226 g/mol. The monoisotopic (exact) mass is 237 g/mol. The topological polar surface area (TPSA) is 86.7 Å². The van der Waals surface area contributed by atoms with Gasteiger partial charge in [-0.05, 0) is 0 Å². The molecule has 2 heterocycles. The zero-order valence-corrected chi connectivity index (χ0v) is 9.35. The summed E-state index contributed by atoms with van der Waals surface area (Å²) in [7, 11) is 0. The van der Waals surface area contributed by atoms with E-state index in [-0.39, 0.29) is 5.78 Å². The molecule has 2 aromatic heterocycles. The van der Waals surface area contributed by atoms with Crippen molar-refractivity contribution in [2.75, 3.05) is 6.54 Å². The Kier molecular flexibility index (Phi) is 3.37. The lowest BCUT2D eigenvalue weighted by molar-refractivity contribution is 0.0989. The molecule has 0 fully saturated rings. The van der Waals surface area contributed by atoms with Gasteiger partial charge in [0.1, 0.15) is 5.69 Å². The zero-order valence-electron chi connectivity index (χ0n) is 8.54. The van der Waals surface area contributed by atoms with Crippen LogP contribution in [0, 0.1) is 0 Å². The summed E-state index contributed by atoms with van der Waals surface area (Å²) < 4.78 is 1.57. The molecule has 2 rings (SSSR count). The Morgan fingerprint density at radius 3 is 3.12 bits per heavy atom. The SMILES string of the molecule is NCCn1cc(C(=O)Cc2cncs2)nn1. The minimum Gasteiger partial charge on any atom is -0.329 e. The maximum atomic E-state index is 11.8. The van der Waals surface area contributed by atoms with Gasteiger partial charge in [0, 0.05) is 24.0 Å². The van der Waals surface area contributed by atoms with Gasteiger partial charge in [-0.1, -0.05) is 5.21 Å². The number of hydrogen-bond donors (Lipinski definition) is 1. The lowest BCUT2D eigenvalue weighted by atomic mass is 10.2. The van der Waals surface area contributed by atoms with Gasteiger partial charge in [-0.2, -0.15) is 0 Å². The van der Waals surface area contributed by atoms with E-state index in [0.29, 0.717) is 25.2 Å². The Morgan fingerprint density at radius 1 is 1.56 bits per heavy atom. The molecule has 0 radical (unpaired) electrons. The lowest BCUT2D eigenvalue weighted by Gasteiger charge is -1.93. The third kappa shape index (κ3) is 2.50. The van der Waals surface area contributed by atoms with Crippen LogP contribution in [0.3, 0.4) is 0 Å². The van der Waals surface area contributed by atoms with Crippen LogP contribution in [-0.2, 0) is 13.0 Å². The Hall–Kier alpha value is -1.60. The standard InChI is InChI=1S/C9H11N5OS/c10-1-2-14-5-8(12-13-14)9(15)3-7-4-11-6-16-7/h4-6H,1-3,10H2. The van der Waals surface area contributed by atoms with E-state index in [1.807, 2.05) is 0 Å². The zero-order chi connectivity index (χ0) is 11.4. The molecule has 0 bridgehead atoms. The van der Waals surface area contributed by atoms with Crippen LogP contribution in [0.25, 0.3) is 0 Å². The summed E-state index contributed by atoms with van der Waals surface area (Å²) >= 11 is 1.46. The number of ketones is 1. The maximum absolute atomic E-state index is 11.8. The fourth-order valence-corrected chi connectivity index (χ4v) is 1.84. The fraction of sp³-hybridized carbons (Fsp3) is 0.333. The van der Waals surface area contributed by atoms with Gasteiger partial charge in [0.25, 0.3) is 0 Å². The van der Waals surface area contributed by atoms with Gasteiger partial charge in [0.15, 0.2) is 5.78 Å². The highest BCUT2D eigenvalue weighted by Crippen LogP contribution is 2.09. The summed E-state index contributed by atoms with van der Waals surface area (Å²) in [6.45, 7) is 1.05. The van der Waals surface area contributed by atoms with Crippen molar-refractivity contribution in [1.29, 1.82) is 0 Å². The van der Waals surface area contributed by atoms with Gasteiger partial charge in [0.2, 0.25) is 0 Å². The van der Waals surface area contributed by atoms with Crippen LogP contribution in [0.5, 0.6) is 0 Å². The molecule has 0 aliphatic carbocycles. The van der Waals surface area contributed by atoms with Crippen molar-refractivity contribution in [3.8, 4) is 0 Å². The Balaban J connectivity index is 2.03. The number of nitrogens with two attached hydrogens (primary N) is 1. The first-order chi connectivity index (χ1) is 7.79.